The first kappa shape index (κ1) is 19.9. The third kappa shape index (κ3) is 7.24. The lowest BCUT2D eigenvalue weighted by Crippen LogP contribution is -2.32. The molecule has 0 radical (unpaired) electrons. The van der Waals surface area contributed by atoms with E-state index in [1.54, 1.807) is 18.2 Å². The molecule has 8 nitrogen and oxygen atoms in total. The molecule has 3 N–H and O–H groups in total. The molecule has 0 bridgehead atoms. The second-order valence-corrected chi connectivity index (χ2v) is 7.44. The number of benzene rings is 1. The Morgan fingerprint density at radius 2 is 1.73 bits per heavy atom. The quantitative estimate of drug-likeness (QED) is 0.510. The minimum absolute atomic E-state index is 0.0981. The zero-order valence-corrected chi connectivity index (χ0v) is 15.8. The van der Waals surface area contributed by atoms with Crippen molar-refractivity contribution in [3.8, 4) is 5.75 Å². The summed E-state index contributed by atoms with van der Waals surface area (Å²) < 4.78 is 31.9. The lowest BCUT2D eigenvalue weighted by atomic mass is 10.3. The SMILES string of the molecule is CCNc1cc(NCCNS(=O)(=O)CCOc2ccccc2)nc(C)n1. The fourth-order valence-corrected chi connectivity index (χ4v) is 3.05. The Morgan fingerprint density at radius 1 is 1.04 bits per heavy atom. The Balaban J connectivity index is 1.71. The average Bonchev–Trinajstić information content (AvgIpc) is 2.59. The van der Waals surface area contributed by atoms with Gasteiger partial charge in [-0.1, -0.05) is 18.2 Å². The monoisotopic (exact) mass is 379 g/mol. The second-order valence-electron chi connectivity index (χ2n) is 5.52. The highest BCUT2D eigenvalue weighted by Crippen LogP contribution is 2.10. The molecular formula is C17H25N5O3S. The molecule has 0 atom stereocenters. The number of nitrogens with one attached hydrogen (secondary N) is 3. The fourth-order valence-electron chi connectivity index (χ4n) is 2.19. The average molecular weight is 379 g/mol. The van der Waals surface area contributed by atoms with Crippen molar-refractivity contribution in [2.45, 2.75) is 13.8 Å². The van der Waals surface area contributed by atoms with Crippen LogP contribution in [0.2, 0.25) is 0 Å². The maximum atomic E-state index is 12.0. The molecule has 26 heavy (non-hydrogen) atoms. The zero-order valence-electron chi connectivity index (χ0n) is 15.0. The summed E-state index contributed by atoms with van der Waals surface area (Å²) in [6.45, 7) is 5.33. The summed E-state index contributed by atoms with van der Waals surface area (Å²) >= 11 is 0. The smallest absolute Gasteiger partial charge is 0.215 e. The van der Waals surface area contributed by atoms with Gasteiger partial charge in [0, 0.05) is 25.7 Å². The number of anilines is 2. The van der Waals surface area contributed by atoms with E-state index in [2.05, 4.69) is 25.3 Å². The summed E-state index contributed by atoms with van der Waals surface area (Å²) in [6, 6.07) is 10.9. The van der Waals surface area contributed by atoms with Crippen LogP contribution in [0.15, 0.2) is 36.4 Å². The number of sulfonamides is 1. The van der Waals surface area contributed by atoms with Gasteiger partial charge < -0.3 is 15.4 Å². The van der Waals surface area contributed by atoms with Crippen LogP contribution < -0.4 is 20.1 Å². The van der Waals surface area contributed by atoms with Crippen LogP contribution in [0.3, 0.4) is 0 Å². The van der Waals surface area contributed by atoms with Crippen LogP contribution in [-0.4, -0.2) is 50.4 Å². The third-order valence-electron chi connectivity index (χ3n) is 3.31. The summed E-state index contributed by atoms with van der Waals surface area (Å²) in [4.78, 5) is 8.54. The predicted octanol–water partition coefficient (Wildman–Crippen LogP) is 1.63. The number of aromatic nitrogens is 2. The van der Waals surface area contributed by atoms with Crippen LogP contribution in [-0.2, 0) is 10.0 Å². The summed E-state index contributed by atoms with van der Waals surface area (Å²) in [6.07, 6.45) is 0. The maximum absolute atomic E-state index is 12.0. The molecule has 0 saturated carbocycles. The molecule has 0 unspecified atom stereocenters. The highest BCUT2D eigenvalue weighted by Gasteiger charge is 2.10. The van der Waals surface area contributed by atoms with Gasteiger partial charge in [0.25, 0.3) is 0 Å². The molecule has 9 heteroatoms. The minimum atomic E-state index is -3.39. The number of rotatable bonds is 11. The number of hydrogen-bond acceptors (Lipinski definition) is 7. The number of hydrogen-bond donors (Lipinski definition) is 3. The molecule has 1 aromatic carbocycles. The highest BCUT2D eigenvalue weighted by molar-refractivity contribution is 7.89. The summed E-state index contributed by atoms with van der Waals surface area (Å²) in [5.41, 5.74) is 0. The normalized spacial score (nSPS) is 11.2. The Morgan fingerprint density at radius 3 is 2.42 bits per heavy atom. The van der Waals surface area contributed by atoms with E-state index >= 15 is 0 Å². The number of ether oxygens (including phenoxy) is 1. The van der Waals surface area contributed by atoms with E-state index in [9.17, 15) is 8.42 Å². The van der Waals surface area contributed by atoms with Gasteiger partial charge in [-0.3, -0.25) is 0 Å². The second kappa shape index (κ2) is 9.93. The molecule has 2 aromatic rings. The van der Waals surface area contributed by atoms with Gasteiger partial charge in [0.1, 0.15) is 29.8 Å². The Hall–Kier alpha value is -2.39. The van der Waals surface area contributed by atoms with Crippen molar-refractivity contribution in [2.24, 2.45) is 0 Å². The molecule has 0 fully saturated rings. The molecule has 1 aromatic heterocycles. The largest absolute Gasteiger partial charge is 0.492 e. The van der Waals surface area contributed by atoms with Crippen molar-refractivity contribution in [3.05, 3.63) is 42.2 Å². The van der Waals surface area contributed by atoms with Gasteiger partial charge in [-0.2, -0.15) is 0 Å². The van der Waals surface area contributed by atoms with E-state index in [0.717, 1.165) is 12.4 Å². The standard InChI is InChI=1S/C17H25N5O3S/c1-3-18-16-13-17(22-14(2)21-16)19-9-10-20-26(23,24)12-11-25-15-7-5-4-6-8-15/h4-8,13,20H,3,9-12H2,1-2H3,(H2,18,19,21,22). The molecule has 0 spiro atoms. The molecule has 0 aliphatic rings. The van der Waals surface area contributed by atoms with Gasteiger partial charge in [-0.15, -0.1) is 0 Å². The van der Waals surface area contributed by atoms with E-state index in [-0.39, 0.29) is 18.9 Å². The molecule has 142 valence electrons. The highest BCUT2D eigenvalue weighted by atomic mass is 32.2. The van der Waals surface area contributed by atoms with Crippen LogP contribution >= 0.6 is 0 Å². The first-order chi connectivity index (χ1) is 12.5. The van der Waals surface area contributed by atoms with Crippen LogP contribution in [0.1, 0.15) is 12.7 Å². The minimum Gasteiger partial charge on any atom is -0.492 e. The lowest BCUT2D eigenvalue weighted by Gasteiger charge is -2.11. The Kier molecular flexibility index (Phi) is 7.61. The molecule has 0 saturated heterocycles. The Labute approximate surface area is 154 Å². The summed E-state index contributed by atoms with van der Waals surface area (Å²) in [5, 5.41) is 6.21. The van der Waals surface area contributed by atoms with Crippen molar-refractivity contribution in [1.82, 2.24) is 14.7 Å². The molecule has 1 heterocycles. The van der Waals surface area contributed by atoms with Gasteiger partial charge in [0.05, 0.1) is 5.75 Å². The first-order valence-corrected chi connectivity index (χ1v) is 10.1. The van der Waals surface area contributed by atoms with Crippen molar-refractivity contribution >= 4 is 21.7 Å². The lowest BCUT2D eigenvalue weighted by molar-refractivity contribution is 0.340. The van der Waals surface area contributed by atoms with Gasteiger partial charge in [-0.05, 0) is 26.0 Å². The summed E-state index contributed by atoms with van der Waals surface area (Å²) in [5.74, 6) is 2.59. The molecular weight excluding hydrogens is 354 g/mol. The van der Waals surface area contributed by atoms with Crippen LogP contribution in [0.4, 0.5) is 11.6 Å². The van der Waals surface area contributed by atoms with Gasteiger partial charge in [-0.25, -0.2) is 23.1 Å². The summed E-state index contributed by atoms with van der Waals surface area (Å²) in [7, 11) is -3.39. The van der Waals surface area contributed by atoms with Crippen molar-refractivity contribution < 1.29 is 13.2 Å². The number of nitrogens with zero attached hydrogens (tertiary/aromatic N) is 2. The van der Waals surface area contributed by atoms with Crippen LogP contribution in [0.25, 0.3) is 0 Å². The van der Waals surface area contributed by atoms with Gasteiger partial charge in [0.15, 0.2) is 0 Å². The predicted molar refractivity (Wildman–Crippen MR) is 103 cm³/mol. The zero-order chi connectivity index (χ0) is 18.8. The van der Waals surface area contributed by atoms with E-state index in [0.29, 0.717) is 23.9 Å². The fraction of sp³-hybridized carbons (Fsp3) is 0.412. The number of para-hydroxylation sites is 1. The Bertz CT molecular complexity index is 784. The van der Waals surface area contributed by atoms with Crippen LogP contribution in [0, 0.1) is 6.92 Å². The molecule has 0 amide bonds. The van der Waals surface area contributed by atoms with E-state index in [4.69, 9.17) is 4.74 Å². The van der Waals surface area contributed by atoms with Crippen LogP contribution in [0.5, 0.6) is 5.75 Å². The molecule has 2 rings (SSSR count). The van der Waals surface area contributed by atoms with Gasteiger partial charge >= 0.3 is 0 Å². The first-order valence-electron chi connectivity index (χ1n) is 8.47. The molecule has 0 aliphatic heterocycles. The van der Waals surface area contributed by atoms with Crippen molar-refractivity contribution in [1.29, 1.82) is 0 Å². The number of aryl methyl sites for hydroxylation is 1. The van der Waals surface area contributed by atoms with Crippen molar-refractivity contribution in [3.63, 3.8) is 0 Å². The molecule has 0 aliphatic carbocycles. The van der Waals surface area contributed by atoms with E-state index < -0.39 is 10.0 Å². The topological polar surface area (TPSA) is 105 Å². The van der Waals surface area contributed by atoms with Crippen molar-refractivity contribution in [2.75, 3.05) is 42.6 Å². The third-order valence-corrected chi connectivity index (χ3v) is 4.66. The van der Waals surface area contributed by atoms with E-state index in [1.807, 2.05) is 32.0 Å². The van der Waals surface area contributed by atoms with Gasteiger partial charge in [0.2, 0.25) is 10.0 Å². The van der Waals surface area contributed by atoms with E-state index in [1.165, 1.54) is 0 Å². The maximum Gasteiger partial charge on any atom is 0.215 e.